The number of aliphatic hydroxyl groups is 1. The lowest BCUT2D eigenvalue weighted by Gasteiger charge is -2.21. The second kappa shape index (κ2) is 11.7. The van der Waals surface area contributed by atoms with Crippen LogP contribution in [0.2, 0.25) is 0 Å². The van der Waals surface area contributed by atoms with Gasteiger partial charge in [0.25, 0.3) is 0 Å². The van der Waals surface area contributed by atoms with Gasteiger partial charge in [-0.15, -0.1) is 0 Å². The zero-order chi connectivity index (χ0) is 28.5. The molecule has 2 aromatic heterocycles. The van der Waals surface area contributed by atoms with E-state index in [-0.39, 0.29) is 17.0 Å². The molecule has 21 nitrogen and oxygen atoms in total. The van der Waals surface area contributed by atoms with Crippen LogP contribution < -0.4 is 5.32 Å². The zero-order valence-corrected chi connectivity index (χ0v) is 21.3. The lowest BCUT2D eigenvalue weighted by Crippen LogP contribution is -2.35. The summed E-state index contributed by atoms with van der Waals surface area (Å²) < 4.78 is 52.9. The second-order valence-corrected chi connectivity index (χ2v) is 11.3. The van der Waals surface area contributed by atoms with Crippen LogP contribution in [0.15, 0.2) is 12.7 Å². The van der Waals surface area contributed by atoms with Gasteiger partial charge >= 0.3 is 29.4 Å². The van der Waals surface area contributed by atoms with Crippen LogP contribution in [-0.4, -0.2) is 103 Å². The van der Waals surface area contributed by atoms with Crippen molar-refractivity contribution >= 4 is 46.4 Å². The van der Waals surface area contributed by atoms with Gasteiger partial charge in [-0.25, -0.2) is 33.4 Å². The number of nitrogens with zero attached hydrogens (tertiary/aromatic N) is 4. The molecule has 5 atom stereocenters. The highest BCUT2D eigenvalue weighted by Crippen LogP contribution is 2.45. The SMILES string of the molecule is O=C(O)C(CCOP(=O)(O)O)Nc1ncnc2c1ncn2[C@@H]1O[C@H](COP(=O)(O)O)[C@@H](OP(=O)(O)O)[C@H]1O. The Morgan fingerprint density at radius 3 is 2.29 bits per heavy atom. The Morgan fingerprint density at radius 2 is 1.71 bits per heavy atom. The quantitative estimate of drug-likeness (QED) is 0.111. The Bertz CT molecular complexity index is 1290. The Kier molecular flexibility index (Phi) is 9.40. The maximum absolute atomic E-state index is 11.6. The first-order chi connectivity index (χ1) is 17.5. The number of nitrogens with one attached hydrogen (secondary N) is 1. The molecule has 1 saturated heterocycles. The number of ether oxygens (including phenoxy) is 1. The first-order valence-corrected chi connectivity index (χ1v) is 14.7. The molecule has 1 unspecified atom stereocenters. The van der Waals surface area contributed by atoms with Gasteiger partial charge in [0.05, 0.1) is 19.5 Å². The molecule has 1 fully saturated rings. The summed E-state index contributed by atoms with van der Waals surface area (Å²) in [5, 5.41) is 22.6. The number of anilines is 1. The predicted molar refractivity (Wildman–Crippen MR) is 118 cm³/mol. The van der Waals surface area contributed by atoms with Crippen LogP contribution in [0.4, 0.5) is 5.82 Å². The Morgan fingerprint density at radius 1 is 1.05 bits per heavy atom. The number of carboxylic acids is 1. The maximum Gasteiger partial charge on any atom is 0.470 e. The summed E-state index contributed by atoms with van der Waals surface area (Å²) in [6.07, 6.45) is -5.18. The molecule has 0 bridgehead atoms. The first-order valence-electron chi connectivity index (χ1n) is 10.1. The number of aromatic nitrogens is 4. The molecule has 0 radical (unpaired) electrons. The number of phosphoric acid groups is 3. The molecule has 9 N–H and O–H groups in total. The molecule has 3 rings (SSSR count). The number of hydrogen-bond donors (Lipinski definition) is 9. The largest absolute Gasteiger partial charge is 0.480 e. The molecule has 0 aromatic carbocycles. The molecule has 3 heterocycles. The highest BCUT2D eigenvalue weighted by atomic mass is 31.2. The topological polar surface area (TPSA) is 323 Å². The Hall–Kier alpha value is -1.93. The average molecular weight is 609 g/mol. The number of carbonyl (C=O) groups is 1. The molecule has 1 aliphatic heterocycles. The molecule has 38 heavy (non-hydrogen) atoms. The summed E-state index contributed by atoms with van der Waals surface area (Å²) in [7, 11) is -15.1. The van der Waals surface area contributed by atoms with E-state index in [1.165, 1.54) is 0 Å². The van der Waals surface area contributed by atoms with Gasteiger partial charge in [0.2, 0.25) is 0 Å². The van der Waals surface area contributed by atoms with Crippen molar-refractivity contribution in [3.05, 3.63) is 12.7 Å². The molecular weight excluding hydrogens is 587 g/mol. The third-order valence-electron chi connectivity index (χ3n) is 4.88. The number of imidazole rings is 1. The van der Waals surface area contributed by atoms with Crippen molar-refractivity contribution in [3.63, 3.8) is 0 Å². The minimum Gasteiger partial charge on any atom is -0.480 e. The van der Waals surface area contributed by atoms with E-state index in [0.717, 1.165) is 17.2 Å². The summed E-state index contributed by atoms with van der Waals surface area (Å²) in [6.45, 7) is -1.56. The number of rotatable bonds is 13. The van der Waals surface area contributed by atoms with Gasteiger partial charge in [-0.2, -0.15) is 0 Å². The molecule has 24 heteroatoms. The monoisotopic (exact) mass is 609 g/mol. The van der Waals surface area contributed by atoms with Crippen LogP contribution in [0.5, 0.6) is 0 Å². The first kappa shape index (κ1) is 30.6. The van der Waals surface area contributed by atoms with E-state index in [1.54, 1.807) is 0 Å². The molecular formula is C14H22N5O16P3. The summed E-state index contributed by atoms with van der Waals surface area (Å²) in [5.41, 5.74) is -0.165. The number of phosphoric ester groups is 3. The minimum absolute atomic E-state index is 0.0761. The average Bonchev–Trinajstić information content (AvgIpc) is 3.31. The summed E-state index contributed by atoms with van der Waals surface area (Å²) >= 11 is 0. The standard InChI is InChI=1S/C14H22N5O16P3/c20-9-10(35-38(29,30)31)7(3-33-37(26,27)28)34-13(9)19-5-17-8-11(15-4-16-12(8)19)18-6(14(21)22)1-2-32-36(23,24)25/h4-7,9-10,13,20H,1-3H2,(H,21,22)(H,15,16,18)(H2,23,24,25)(H2,26,27,28)(H2,29,30,31)/t6?,7-,9-,10-,13-/m1/s1. The number of carboxylic acid groups (broad SMARTS) is 1. The van der Waals surface area contributed by atoms with E-state index in [9.17, 15) is 38.5 Å². The highest BCUT2D eigenvalue weighted by molar-refractivity contribution is 7.46. The third kappa shape index (κ3) is 8.28. The fourth-order valence-corrected chi connectivity index (χ4v) is 4.66. The van der Waals surface area contributed by atoms with Crippen molar-refractivity contribution in [2.45, 2.75) is 37.0 Å². The fourth-order valence-electron chi connectivity index (χ4n) is 3.40. The highest BCUT2D eigenvalue weighted by Gasteiger charge is 2.49. The Balaban J connectivity index is 1.87. The molecule has 1 aliphatic rings. The van der Waals surface area contributed by atoms with Crippen molar-refractivity contribution < 1.29 is 76.4 Å². The fraction of sp³-hybridized carbons (Fsp3) is 0.571. The van der Waals surface area contributed by atoms with Crippen LogP contribution in [0, 0.1) is 0 Å². The van der Waals surface area contributed by atoms with Gasteiger partial charge in [-0.05, 0) is 0 Å². The smallest absolute Gasteiger partial charge is 0.470 e. The number of hydrogen-bond acceptors (Lipinski definition) is 13. The van der Waals surface area contributed by atoms with Crippen LogP contribution >= 0.6 is 23.5 Å². The van der Waals surface area contributed by atoms with Gasteiger partial charge in [0, 0.05) is 6.42 Å². The van der Waals surface area contributed by atoms with Gasteiger partial charge < -0.3 is 49.6 Å². The van der Waals surface area contributed by atoms with Gasteiger partial charge in [0.15, 0.2) is 23.2 Å². The predicted octanol–water partition coefficient (Wildman–Crippen LogP) is -1.96. The second-order valence-electron chi connectivity index (χ2n) is 7.60. The van der Waals surface area contributed by atoms with E-state index < -0.39 is 79.7 Å². The lowest BCUT2D eigenvalue weighted by molar-refractivity contribution is -0.138. The molecule has 0 spiro atoms. The van der Waals surface area contributed by atoms with Crippen molar-refractivity contribution in [2.75, 3.05) is 18.5 Å². The maximum atomic E-state index is 11.6. The number of aliphatic carboxylic acids is 1. The molecule has 0 amide bonds. The van der Waals surface area contributed by atoms with E-state index in [4.69, 9.17) is 24.3 Å². The van der Waals surface area contributed by atoms with E-state index in [1.807, 2.05) is 0 Å². The summed E-state index contributed by atoms with van der Waals surface area (Å²) in [5.74, 6) is -1.58. The molecule has 214 valence electrons. The third-order valence-corrected chi connectivity index (χ3v) is 6.41. The lowest BCUT2D eigenvalue weighted by atomic mass is 10.1. The molecule has 0 saturated carbocycles. The van der Waals surface area contributed by atoms with Crippen molar-refractivity contribution in [2.24, 2.45) is 0 Å². The van der Waals surface area contributed by atoms with Crippen LogP contribution in [0.1, 0.15) is 12.6 Å². The van der Waals surface area contributed by atoms with Gasteiger partial charge in [-0.3, -0.25) is 18.1 Å². The van der Waals surface area contributed by atoms with E-state index in [0.29, 0.717) is 0 Å². The van der Waals surface area contributed by atoms with Crippen molar-refractivity contribution in [1.82, 2.24) is 19.5 Å². The van der Waals surface area contributed by atoms with Crippen LogP contribution in [0.25, 0.3) is 11.2 Å². The van der Waals surface area contributed by atoms with Crippen LogP contribution in [-0.2, 0) is 36.8 Å². The number of aliphatic hydroxyl groups excluding tert-OH is 1. The summed E-state index contributed by atoms with van der Waals surface area (Å²) in [6, 6.07) is -1.45. The number of fused-ring (bicyclic) bond motifs is 1. The van der Waals surface area contributed by atoms with Gasteiger partial charge in [-0.1, -0.05) is 0 Å². The zero-order valence-electron chi connectivity index (χ0n) is 18.6. The van der Waals surface area contributed by atoms with Crippen molar-refractivity contribution in [1.29, 1.82) is 0 Å². The summed E-state index contributed by atoms with van der Waals surface area (Å²) in [4.78, 5) is 77.2. The van der Waals surface area contributed by atoms with E-state index >= 15 is 0 Å². The van der Waals surface area contributed by atoms with Crippen LogP contribution in [0.3, 0.4) is 0 Å². The van der Waals surface area contributed by atoms with Gasteiger partial charge in [0.1, 0.15) is 30.7 Å². The minimum atomic E-state index is -5.22. The normalized spacial score (nSPS) is 23.6. The molecule has 0 aliphatic carbocycles. The molecule has 2 aromatic rings. The van der Waals surface area contributed by atoms with Crippen molar-refractivity contribution in [3.8, 4) is 0 Å². The Labute approximate surface area is 211 Å². The van der Waals surface area contributed by atoms with E-state index in [2.05, 4.69) is 33.8 Å².